The van der Waals surface area contributed by atoms with Crippen LogP contribution in [-0.4, -0.2) is 17.2 Å². The van der Waals surface area contributed by atoms with Gasteiger partial charge in [-0.05, 0) is 72.4 Å². The average molecular weight is 319 g/mol. The van der Waals surface area contributed by atoms with Crippen LogP contribution in [0.3, 0.4) is 0 Å². The molecule has 0 spiro atoms. The monoisotopic (exact) mass is 318 g/mol. The van der Waals surface area contributed by atoms with Crippen molar-refractivity contribution in [2.75, 3.05) is 11.4 Å². The predicted molar refractivity (Wildman–Crippen MR) is 84.1 cm³/mol. The van der Waals surface area contributed by atoms with E-state index in [1.807, 2.05) is 0 Å². The second-order valence-electron chi connectivity index (χ2n) is 5.26. The van der Waals surface area contributed by atoms with E-state index in [1.54, 1.807) is 0 Å². The number of halogens is 1. The number of nitrogens with zero attached hydrogens (tertiary/aromatic N) is 2. The van der Waals surface area contributed by atoms with Crippen LogP contribution in [0.15, 0.2) is 47.2 Å². The fourth-order valence-electron chi connectivity index (χ4n) is 2.85. The third-order valence-electron chi connectivity index (χ3n) is 3.95. The van der Waals surface area contributed by atoms with Gasteiger partial charge in [0, 0.05) is 35.1 Å². The fourth-order valence-corrected chi connectivity index (χ4v) is 3.45. The topological polar surface area (TPSA) is 8.17 Å². The highest BCUT2D eigenvalue weighted by Crippen LogP contribution is 2.32. The summed E-state index contributed by atoms with van der Waals surface area (Å²) >= 11 is 3.74. The molecule has 0 amide bonds. The van der Waals surface area contributed by atoms with E-state index in [2.05, 4.69) is 75.0 Å². The summed E-state index contributed by atoms with van der Waals surface area (Å²) < 4.78 is 3.32. The molecule has 3 rings (SSSR count). The van der Waals surface area contributed by atoms with Gasteiger partial charge in [-0.3, -0.25) is 0 Å². The molecule has 1 aliphatic rings. The third-order valence-corrected chi connectivity index (χ3v) is 4.58. The number of aromatic nitrogens is 1. The van der Waals surface area contributed by atoms with Crippen LogP contribution in [0.25, 0.3) is 5.69 Å². The van der Waals surface area contributed by atoms with Crippen LogP contribution in [-0.2, 0) is 0 Å². The van der Waals surface area contributed by atoms with Gasteiger partial charge in [0.25, 0.3) is 0 Å². The van der Waals surface area contributed by atoms with Crippen LogP contribution in [0.4, 0.5) is 5.69 Å². The minimum Gasteiger partial charge on any atom is -0.368 e. The summed E-state index contributed by atoms with van der Waals surface area (Å²) in [4.78, 5) is 2.52. The van der Waals surface area contributed by atoms with Gasteiger partial charge in [0.15, 0.2) is 0 Å². The molecule has 0 N–H and O–H groups in total. The van der Waals surface area contributed by atoms with E-state index in [9.17, 15) is 0 Å². The van der Waals surface area contributed by atoms with E-state index in [1.165, 1.54) is 41.7 Å². The SMILES string of the molecule is C[C@@H]1CCCCN1c1ccc(-n2cccc2)cc1Br. The molecule has 1 aromatic heterocycles. The van der Waals surface area contributed by atoms with Gasteiger partial charge < -0.3 is 9.47 Å². The Balaban J connectivity index is 1.91. The molecule has 1 saturated heterocycles. The molecule has 0 aliphatic carbocycles. The largest absolute Gasteiger partial charge is 0.368 e. The Morgan fingerprint density at radius 1 is 1.16 bits per heavy atom. The minimum absolute atomic E-state index is 0.641. The minimum atomic E-state index is 0.641. The average Bonchev–Trinajstić information content (AvgIpc) is 2.94. The normalized spacial score (nSPS) is 19.7. The summed E-state index contributed by atoms with van der Waals surface area (Å²) in [6.45, 7) is 3.49. The Hall–Kier alpha value is -1.22. The van der Waals surface area contributed by atoms with E-state index >= 15 is 0 Å². The van der Waals surface area contributed by atoms with Crippen LogP contribution in [0.5, 0.6) is 0 Å². The fraction of sp³-hybridized carbons (Fsp3) is 0.375. The maximum absolute atomic E-state index is 3.74. The van der Waals surface area contributed by atoms with Gasteiger partial charge in [-0.2, -0.15) is 0 Å². The molecule has 19 heavy (non-hydrogen) atoms. The summed E-state index contributed by atoms with van der Waals surface area (Å²) in [6.07, 6.45) is 8.11. The maximum Gasteiger partial charge on any atom is 0.0514 e. The Kier molecular flexibility index (Phi) is 3.65. The van der Waals surface area contributed by atoms with Crippen molar-refractivity contribution in [3.05, 3.63) is 47.2 Å². The number of rotatable bonds is 2. The van der Waals surface area contributed by atoms with Gasteiger partial charge in [-0.25, -0.2) is 0 Å². The summed E-state index contributed by atoms with van der Waals surface area (Å²) in [5, 5.41) is 0. The Morgan fingerprint density at radius 2 is 1.95 bits per heavy atom. The van der Waals surface area contributed by atoms with Gasteiger partial charge in [-0.15, -0.1) is 0 Å². The highest BCUT2D eigenvalue weighted by atomic mass is 79.9. The van der Waals surface area contributed by atoms with Crippen LogP contribution in [0.1, 0.15) is 26.2 Å². The zero-order valence-electron chi connectivity index (χ0n) is 11.2. The molecule has 2 heterocycles. The summed E-state index contributed by atoms with van der Waals surface area (Å²) in [5.41, 5.74) is 2.52. The molecule has 1 aliphatic heterocycles. The summed E-state index contributed by atoms with van der Waals surface area (Å²) in [5.74, 6) is 0. The van der Waals surface area contributed by atoms with Crippen molar-refractivity contribution in [1.82, 2.24) is 4.57 Å². The summed E-state index contributed by atoms with van der Waals surface area (Å²) in [7, 11) is 0. The van der Waals surface area contributed by atoms with Crippen molar-refractivity contribution in [3.8, 4) is 5.69 Å². The quantitative estimate of drug-likeness (QED) is 0.784. The molecule has 100 valence electrons. The lowest BCUT2D eigenvalue weighted by molar-refractivity contribution is 0.484. The molecule has 1 atom stereocenters. The van der Waals surface area contributed by atoms with Crippen LogP contribution >= 0.6 is 15.9 Å². The lowest BCUT2D eigenvalue weighted by atomic mass is 10.0. The molecule has 0 unspecified atom stereocenters. The lowest BCUT2D eigenvalue weighted by Gasteiger charge is -2.36. The molecular formula is C16H19BrN2. The smallest absolute Gasteiger partial charge is 0.0514 e. The molecule has 0 bridgehead atoms. The second kappa shape index (κ2) is 5.41. The lowest BCUT2D eigenvalue weighted by Crippen LogP contribution is -2.37. The van der Waals surface area contributed by atoms with Crippen molar-refractivity contribution in [2.24, 2.45) is 0 Å². The first kappa shape index (κ1) is 12.8. The van der Waals surface area contributed by atoms with E-state index in [4.69, 9.17) is 0 Å². The van der Waals surface area contributed by atoms with E-state index in [0.717, 1.165) is 0 Å². The van der Waals surface area contributed by atoms with Crippen molar-refractivity contribution >= 4 is 21.6 Å². The standard InChI is InChI=1S/C16H19BrN2/c1-13-6-2-3-11-19(13)16-8-7-14(12-15(16)17)18-9-4-5-10-18/h4-5,7-10,12-13H,2-3,6,11H2,1H3/t13-/m1/s1. The van der Waals surface area contributed by atoms with Gasteiger partial charge in [0.1, 0.15) is 0 Å². The van der Waals surface area contributed by atoms with E-state index in [-0.39, 0.29) is 0 Å². The maximum atomic E-state index is 3.74. The van der Waals surface area contributed by atoms with Crippen molar-refractivity contribution in [3.63, 3.8) is 0 Å². The van der Waals surface area contributed by atoms with Gasteiger partial charge in [0.05, 0.1) is 5.69 Å². The molecule has 1 fully saturated rings. The first-order valence-corrected chi connectivity index (χ1v) is 7.74. The van der Waals surface area contributed by atoms with Crippen LogP contribution < -0.4 is 4.90 Å². The molecule has 2 aromatic rings. The first-order valence-electron chi connectivity index (χ1n) is 6.95. The molecule has 0 saturated carbocycles. The molecule has 3 heteroatoms. The van der Waals surface area contributed by atoms with Gasteiger partial charge in [0.2, 0.25) is 0 Å². The number of hydrogen-bond donors (Lipinski definition) is 0. The highest BCUT2D eigenvalue weighted by Gasteiger charge is 2.20. The van der Waals surface area contributed by atoms with E-state index in [0.29, 0.717) is 6.04 Å². The van der Waals surface area contributed by atoms with Gasteiger partial charge in [-0.1, -0.05) is 0 Å². The first-order chi connectivity index (χ1) is 9.25. The third kappa shape index (κ3) is 2.57. The zero-order chi connectivity index (χ0) is 13.2. The van der Waals surface area contributed by atoms with E-state index < -0.39 is 0 Å². The number of hydrogen-bond acceptors (Lipinski definition) is 1. The van der Waals surface area contributed by atoms with Crippen molar-refractivity contribution in [2.45, 2.75) is 32.2 Å². The predicted octanol–water partition coefficient (Wildman–Crippen LogP) is 4.62. The number of benzene rings is 1. The molecule has 2 nitrogen and oxygen atoms in total. The van der Waals surface area contributed by atoms with Crippen LogP contribution in [0, 0.1) is 0 Å². The number of piperidine rings is 1. The highest BCUT2D eigenvalue weighted by molar-refractivity contribution is 9.10. The Morgan fingerprint density at radius 3 is 2.63 bits per heavy atom. The van der Waals surface area contributed by atoms with Crippen molar-refractivity contribution in [1.29, 1.82) is 0 Å². The van der Waals surface area contributed by atoms with Crippen LogP contribution in [0.2, 0.25) is 0 Å². The Labute approximate surface area is 123 Å². The number of anilines is 1. The molecular weight excluding hydrogens is 300 g/mol. The zero-order valence-corrected chi connectivity index (χ0v) is 12.8. The van der Waals surface area contributed by atoms with Crippen molar-refractivity contribution < 1.29 is 0 Å². The Bertz CT molecular complexity index is 548. The summed E-state index contributed by atoms with van der Waals surface area (Å²) in [6, 6.07) is 11.4. The van der Waals surface area contributed by atoms with Gasteiger partial charge >= 0.3 is 0 Å². The second-order valence-corrected chi connectivity index (χ2v) is 6.12. The molecule has 1 aromatic carbocycles. The molecule has 0 radical (unpaired) electrons.